The highest BCUT2D eigenvalue weighted by Crippen LogP contribution is 2.00. The molecule has 0 fully saturated rings. The van der Waals surface area contributed by atoms with Crippen molar-refractivity contribution in [1.82, 2.24) is 4.90 Å². The zero-order valence-corrected chi connectivity index (χ0v) is 9.66. The Morgan fingerprint density at radius 2 is 1.62 bits per heavy atom. The largest absolute Gasteiger partial charge is 0.480 e. The van der Waals surface area contributed by atoms with E-state index < -0.39 is 5.97 Å². The molecular weight excluding hydrogens is 166 g/mol. The molecule has 0 amide bonds. The van der Waals surface area contributed by atoms with Crippen LogP contribution in [0.1, 0.15) is 41.0 Å². The zero-order chi connectivity index (χ0) is 11.0. The quantitative estimate of drug-likeness (QED) is 0.740. The predicted molar refractivity (Wildman–Crippen MR) is 56.0 cm³/mol. The minimum atomic E-state index is -0.767. The second-order valence-corrected chi connectivity index (χ2v) is 3.48. The van der Waals surface area contributed by atoms with Crippen LogP contribution in [0.2, 0.25) is 0 Å². The third kappa shape index (κ3) is 7.78. The maximum Gasteiger partial charge on any atom is 0.320 e. The van der Waals surface area contributed by atoms with Crippen molar-refractivity contribution < 1.29 is 9.90 Å². The van der Waals surface area contributed by atoms with Crippen LogP contribution in [0.15, 0.2) is 0 Å². The molecule has 3 nitrogen and oxygen atoms in total. The molecule has 3 heteroatoms. The Balaban J connectivity index is 0. The predicted octanol–water partition coefficient (Wildman–Crippen LogP) is 2.22. The van der Waals surface area contributed by atoms with Crippen molar-refractivity contribution in [3.05, 3.63) is 0 Å². The Labute approximate surface area is 81.7 Å². The first-order valence-corrected chi connectivity index (χ1v) is 4.83. The Morgan fingerprint density at radius 1 is 1.31 bits per heavy atom. The van der Waals surface area contributed by atoms with Crippen LogP contribution in [0.5, 0.6) is 0 Å². The summed E-state index contributed by atoms with van der Waals surface area (Å²) in [6, 6.07) is -0.105. The molecule has 0 spiro atoms. The number of carboxylic acid groups (broad SMARTS) is 1. The van der Waals surface area contributed by atoms with Gasteiger partial charge in [-0.05, 0) is 27.8 Å². The first kappa shape index (κ1) is 14.9. The summed E-state index contributed by atoms with van der Waals surface area (Å²) >= 11 is 0. The highest BCUT2D eigenvalue weighted by molar-refractivity contribution is 5.72. The number of rotatable bonds is 3. The van der Waals surface area contributed by atoms with Gasteiger partial charge in [-0.2, -0.15) is 0 Å². The van der Waals surface area contributed by atoms with E-state index in [2.05, 4.69) is 13.8 Å². The molecule has 0 aliphatic rings. The summed E-state index contributed by atoms with van der Waals surface area (Å²) in [5, 5.41) is 8.56. The first-order chi connectivity index (χ1) is 5.88. The second kappa shape index (κ2) is 8.05. The Hall–Kier alpha value is -0.570. The molecule has 0 saturated heterocycles. The van der Waals surface area contributed by atoms with Crippen molar-refractivity contribution in [3.63, 3.8) is 0 Å². The van der Waals surface area contributed by atoms with E-state index in [1.165, 1.54) is 6.42 Å². The lowest BCUT2D eigenvalue weighted by Crippen LogP contribution is -2.40. The molecule has 0 aromatic heterocycles. The SMILES string of the molecule is CC(C)N(C)C(C)C(=O)O.CCC. The maximum absolute atomic E-state index is 10.4. The zero-order valence-electron chi connectivity index (χ0n) is 9.66. The molecule has 0 saturated carbocycles. The van der Waals surface area contributed by atoms with E-state index in [1.807, 2.05) is 25.8 Å². The van der Waals surface area contributed by atoms with Gasteiger partial charge in [-0.25, -0.2) is 0 Å². The Bertz CT molecular complexity index is 135. The normalized spacial score (nSPS) is 12.3. The van der Waals surface area contributed by atoms with Crippen molar-refractivity contribution in [1.29, 1.82) is 0 Å². The molecule has 0 aliphatic heterocycles. The molecule has 80 valence electrons. The highest BCUT2D eigenvalue weighted by Gasteiger charge is 2.18. The van der Waals surface area contributed by atoms with Gasteiger partial charge < -0.3 is 5.11 Å². The average molecular weight is 189 g/mol. The van der Waals surface area contributed by atoms with E-state index in [1.54, 1.807) is 6.92 Å². The lowest BCUT2D eigenvalue weighted by Gasteiger charge is -2.24. The van der Waals surface area contributed by atoms with Gasteiger partial charge >= 0.3 is 5.97 Å². The molecule has 0 aliphatic carbocycles. The fraction of sp³-hybridized carbons (Fsp3) is 0.900. The van der Waals surface area contributed by atoms with E-state index in [-0.39, 0.29) is 12.1 Å². The number of aliphatic carboxylic acids is 1. The molecule has 1 atom stereocenters. The number of carboxylic acids is 1. The van der Waals surface area contributed by atoms with E-state index >= 15 is 0 Å². The maximum atomic E-state index is 10.4. The molecular formula is C10H23NO2. The van der Waals surface area contributed by atoms with Crippen molar-refractivity contribution in [3.8, 4) is 0 Å². The smallest absolute Gasteiger partial charge is 0.320 e. The minimum absolute atomic E-state index is 0.283. The standard InChI is InChI=1S/C7H15NO2.C3H8/c1-5(2)8(4)6(3)7(9)10;1-3-2/h5-6H,1-4H3,(H,9,10);3H2,1-2H3. The van der Waals surface area contributed by atoms with Crippen LogP contribution in [-0.2, 0) is 4.79 Å². The monoisotopic (exact) mass is 189 g/mol. The number of hydrogen-bond acceptors (Lipinski definition) is 2. The van der Waals surface area contributed by atoms with Gasteiger partial charge in [-0.15, -0.1) is 0 Å². The van der Waals surface area contributed by atoms with Crippen LogP contribution < -0.4 is 0 Å². The van der Waals surface area contributed by atoms with Crippen LogP contribution in [0, 0.1) is 0 Å². The van der Waals surface area contributed by atoms with Gasteiger partial charge in [0.1, 0.15) is 6.04 Å². The highest BCUT2D eigenvalue weighted by atomic mass is 16.4. The average Bonchev–Trinajstić information content (AvgIpc) is 2.03. The van der Waals surface area contributed by atoms with Crippen molar-refractivity contribution in [2.24, 2.45) is 0 Å². The Morgan fingerprint density at radius 3 is 1.69 bits per heavy atom. The van der Waals surface area contributed by atoms with Gasteiger partial charge in [0, 0.05) is 6.04 Å². The second-order valence-electron chi connectivity index (χ2n) is 3.48. The lowest BCUT2D eigenvalue weighted by molar-refractivity contribution is -0.142. The third-order valence-electron chi connectivity index (χ3n) is 1.78. The van der Waals surface area contributed by atoms with Gasteiger partial charge in [0.25, 0.3) is 0 Å². The topological polar surface area (TPSA) is 40.5 Å². The van der Waals surface area contributed by atoms with Crippen LogP contribution in [0.3, 0.4) is 0 Å². The van der Waals surface area contributed by atoms with Gasteiger partial charge in [0.15, 0.2) is 0 Å². The molecule has 0 bridgehead atoms. The van der Waals surface area contributed by atoms with E-state index in [4.69, 9.17) is 5.11 Å². The fourth-order valence-corrected chi connectivity index (χ4v) is 0.621. The van der Waals surface area contributed by atoms with E-state index in [9.17, 15) is 4.79 Å². The fourth-order valence-electron chi connectivity index (χ4n) is 0.621. The van der Waals surface area contributed by atoms with Crippen LogP contribution in [-0.4, -0.2) is 35.1 Å². The number of hydrogen-bond donors (Lipinski definition) is 1. The number of nitrogens with zero attached hydrogens (tertiary/aromatic N) is 1. The molecule has 13 heavy (non-hydrogen) atoms. The minimum Gasteiger partial charge on any atom is -0.480 e. The van der Waals surface area contributed by atoms with Crippen LogP contribution in [0.25, 0.3) is 0 Å². The van der Waals surface area contributed by atoms with Crippen LogP contribution >= 0.6 is 0 Å². The summed E-state index contributed by atoms with van der Waals surface area (Å²) in [7, 11) is 1.81. The summed E-state index contributed by atoms with van der Waals surface area (Å²) in [5.74, 6) is -0.767. The van der Waals surface area contributed by atoms with Gasteiger partial charge in [0.05, 0.1) is 0 Å². The van der Waals surface area contributed by atoms with Gasteiger partial charge in [-0.1, -0.05) is 20.3 Å². The summed E-state index contributed by atoms with van der Waals surface area (Å²) in [6.45, 7) is 9.88. The van der Waals surface area contributed by atoms with E-state index in [0.717, 1.165) is 0 Å². The van der Waals surface area contributed by atoms with Crippen molar-refractivity contribution in [2.75, 3.05) is 7.05 Å². The van der Waals surface area contributed by atoms with Gasteiger partial charge in [-0.3, -0.25) is 9.69 Å². The summed E-state index contributed by atoms with van der Waals surface area (Å²) in [4.78, 5) is 12.2. The molecule has 0 heterocycles. The Kier molecular flexibility index (Phi) is 9.24. The third-order valence-corrected chi connectivity index (χ3v) is 1.78. The lowest BCUT2D eigenvalue weighted by atomic mass is 10.2. The molecule has 0 rings (SSSR count). The van der Waals surface area contributed by atoms with E-state index in [0.29, 0.717) is 0 Å². The van der Waals surface area contributed by atoms with Crippen LogP contribution in [0.4, 0.5) is 0 Å². The molecule has 0 aromatic carbocycles. The summed E-state index contributed by atoms with van der Waals surface area (Å²) < 4.78 is 0. The van der Waals surface area contributed by atoms with Crippen molar-refractivity contribution in [2.45, 2.75) is 53.1 Å². The molecule has 0 aromatic rings. The van der Waals surface area contributed by atoms with Crippen molar-refractivity contribution >= 4 is 5.97 Å². The first-order valence-electron chi connectivity index (χ1n) is 4.83. The molecule has 1 N–H and O–H groups in total. The summed E-state index contributed by atoms with van der Waals surface area (Å²) in [5.41, 5.74) is 0. The molecule has 0 radical (unpaired) electrons. The number of carbonyl (C=O) groups is 1. The summed E-state index contributed by atoms with van der Waals surface area (Å²) in [6.07, 6.45) is 1.25. The van der Waals surface area contributed by atoms with Gasteiger partial charge in [0.2, 0.25) is 0 Å². The molecule has 1 unspecified atom stereocenters. The number of likely N-dealkylation sites (N-methyl/N-ethyl adjacent to an activating group) is 1.